The molecular formula is C11H19N3O4S. The number of urea groups is 1. The molecule has 0 aromatic rings. The standard InChI is InChI=1S/C11H19N3O4S/c1-2-18-10(16)8(12)5-19-6-9(15)14-11(17)13-7-3-4-7/h7-8H,2-6,12H2,1H3,(H2,13,14,15,17). The van der Waals surface area contributed by atoms with Gasteiger partial charge in [0.15, 0.2) is 0 Å². The van der Waals surface area contributed by atoms with Crippen molar-refractivity contribution in [2.24, 2.45) is 5.73 Å². The molecule has 1 unspecified atom stereocenters. The van der Waals surface area contributed by atoms with Gasteiger partial charge in [0, 0.05) is 11.8 Å². The first kappa shape index (κ1) is 15.8. The van der Waals surface area contributed by atoms with Crippen LogP contribution in [0, 0.1) is 0 Å². The number of carbonyl (C=O) groups is 3. The van der Waals surface area contributed by atoms with Crippen LogP contribution in [-0.2, 0) is 14.3 Å². The van der Waals surface area contributed by atoms with Crippen molar-refractivity contribution in [2.75, 3.05) is 18.1 Å². The van der Waals surface area contributed by atoms with Crippen molar-refractivity contribution < 1.29 is 19.1 Å². The topological polar surface area (TPSA) is 111 Å². The third-order valence-electron chi connectivity index (χ3n) is 2.29. The predicted molar refractivity (Wildman–Crippen MR) is 71.6 cm³/mol. The van der Waals surface area contributed by atoms with E-state index < -0.39 is 23.9 Å². The summed E-state index contributed by atoms with van der Waals surface area (Å²) in [6, 6.07) is -1.02. The van der Waals surface area contributed by atoms with E-state index in [1.54, 1.807) is 6.92 Å². The largest absolute Gasteiger partial charge is 0.465 e. The lowest BCUT2D eigenvalue weighted by Crippen LogP contribution is -2.41. The fourth-order valence-corrected chi connectivity index (χ4v) is 1.97. The molecule has 1 aliphatic rings. The molecule has 1 rings (SSSR count). The molecule has 8 heteroatoms. The maximum atomic E-state index is 11.4. The summed E-state index contributed by atoms with van der Waals surface area (Å²) in [4.78, 5) is 33.8. The molecule has 3 amide bonds. The van der Waals surface area contributed by atoms with Crippen LogP contribution in [0.25, 0.3) is 0 Å². The summed E-state index contributed by atoms with van der Waals surface area (Å²) in [6.07, 6.45) is 1.93. The molecule has 0 aromatic heterocycles. The van der Waals surface area contributed by atoms with Crippen LogP contribution < -0.4 is 16.4 Å². The number of rotatable bonds is 7. The number of esters is 1. The highest BCUT2D eigenvalue weighted by molar-refractivity contribution is 8.00. The van der Waals surface area contributed by atoms with Crippen LogP contribution in [0.15, 0.2) is 0 Å². The highest BCUT2D eigenvalue weighted by Gasteiger charge is 2.24. The number of amides is 3. The summed E-state index contributed by atoms with van der Waals surface area (Å²) in [5.41, 5.74) is 5.56. The average Bonchev–Trinajstić information content (AvgIpc) is 3.12. The van der Waals surface area contributed by atoms with E-state index in [4.69, 9.17) is 10.5 Å². The lowest BCUT2D eigenvalue weighted by Gasteiger charge is -2.10. The molecule has 1 saturated carbocycles. The zero-order valence-electron chi connectivity index (χ0n) is 10.8. The second-order valence-corrected chi connectivity index (χ2v) is 5.20. The van der Waals surface area contributed by atoms with Gasteiger partial charge >= 0.3 is 12.0 Å². The minimum absolute atomic E-state index is 0.0746. The number of imide groups is 1. The average molecular weight is 289 g/mol. The summed E-state index contributed by atoms with van der Waals surface area (Å²) < 4.78 is 4.73. The fourth-order valence-electron chi connectivity index (χ4n) is 1.21. The van der Waals surface area contributed by atoms with E-state index in [2.05, 4.69) is 10.6 Å². The predicted octanol–water partition coefficient (Wildman–Crippen LogP) is -0.402. The normalized spacial score (nSPS) is 15.5. The minimum atomic E-state index is -0.752. The van der Waals surface area contributed by atoms with Crippen LogP contribution in [0.2, 0.25) is 0 Å². The van der Waals surface area contributed by atoms with Crippen molar-refractivity contribution in [3.05, 3.63) is 0 Å². The molecular weight excluding hydrogens is 270 g/mol. The Labute approximate surface area is 116 Å². The number of nitrogens with two attached hydrogens (primary N) is 1. The Morgan fingerprint density at radius 3 is 2.68 bits per heavy atom. The van der Waals surface area contributed by atoms with Gasteiger partial charge in [-0.15, -0.1) is 11.8 Å². The van der Waals surface area contributed by atoms with Gasteiger partial charge in [0.05, 0.1) is 12.4 Å². The molecule has 1 aliphatic carbocycles. The molecule has 1 atom stereocenters. The smallest absolute Gasteiger partial charge is 0.323 e. The summed E-state index contributed by atoms with van der Waals surface area (Å²) in [6.45, 7) is 1.97. The lowest BCUT2D eigenvalue weighted by molar-refractivity contribution is -0.144. The maximum absolute atomic E-state index is 11.4. The lowest BCUT2D eigenvalue weighted by atomic mass is 10.4. The van der Waals surface area contributed by atoms with E-state index in [1.165, 1.54) is 11.8 Å². The van der Waals surface area contributed by atoms with Gasteiger partial charge < -0.3 is 15.8 Å². The Morgan fingerprint density at radius 2 is 2.11 bits per heavy atom. The van der Waals surface area contributed by atoms with Gasteiger partial charge in [0.25, 0.3) is 0 Å². The van der Waals surface area contributed by atoms with Gasteiger partial charge in [0.2, 0.25) is 5.91 Å². The Bertz CT molecular complexity index is 347. The molecule has 19 heavy (non-hydrogen) atoms. The minimum Gasteiger partial charge on any atom is -0.465 e. The molecule has 4 N–H and O–H groups in total. The van der Waals surface area contributed by atoms with Crippen LogP contribution in [0.4, 0.5) is 4.79 Å². The van der Waals surface area contributed by atoms with Crippen LogP contribution in [-0.4, -0.2) is 48.1 Å². The SMILES string of the molecule is CCOC(=O)C(N)CSCC(=O)NC(=O)NC1CC1. The van der Waals surface area contributed by atoms with Crippen LogP contribution in [0.1, 0.15) is 19.8 Å². The highest BCUT2D eigenvalue weighted by Crippen LogP contribution is 2.18. The van der Waals surface area contributed by atoms with E-state index in [9.17, 15) is 14.4 Å². The van der Waals surface area contributed by atoms with Crippen molar-refractivity contribution in [1.82, 2.24) is 10.6 Å². The number of hydrogen-bond donors (Lipinski definition) is 3. The van der Waals surface area contributed by atoms with E-state index in [-0.39, 0.29) is 24.2 Å². The Balaban J connectivity index is 2.08. The number of carbonyl (C=O) groups excluding carboxylic acids is 3. The summed E-state index contributed by atoms with van der Waals surface area (Å²) in [7, 11) is 0. The van der Waals surface area contributed by atoms with Gasteiger partial charge in [-0.3, -0.25) is 14.9 Å². The van der Waals surface area contributed by atoms with Gasteiger partial charge in [-0.25, -0.2) is 4.79 Å². The summed E-state index contributed by atoms with van der Waals surface area (Å²) in [5, 5.41) is 4.85. The monoisotopic (exact) mass is 289 g/mol. The molecule has 0 aliphatic heterocycles. The number of hydrogen-bond acceptors (Lipinski definition) is 6. The first-order chi connectivity index (χ1) is 9.02. The Hall–Kier alpha value is -1.28. The van der Waals surface area contributed by atoms with Gasteiger partial charge in [-0.1, -0.05) is 0 Å². The van der Waals surface area contributed by atoms with E-state index in [0.717, 1.165) is 12.8 Å². The molecule has 0 radical (unpaired) electrons. The third-order valence-corrected chi connectivity index (χ3v) is 3.35. The van der Waals surface area contributed by atoms with Crippen LogP contribution >= 0.6 is 11.8 Å². The summed E-state index contributed by atoms with van der Waals surface area (Å²) >= 11 is 1.18. The third kappa shape index (κ3) is 7.02. The van der Waals surface area contributed by atoms with Gasteiger partial charge in [-0.05, 0) is 19.8 Å². The van der Waals surface area contributed by atoms with Crippen LogP contribution in [0.5, 0.6) is 0 Å². The van der Waals surface area contributed by atoms with Gasteiger partial charge in [-0.2, -0.15) is 0 Å². The van der Waals surface area contributed by atoms with Crippen molar-refractivity contribution in [1.29, 1.82) is 0 Å². The van der Waals surface area contributed by atoms with Crippen molar-refractivity contribution in [3.63, 3.8) is 0 Å². The van der Waals surface area contributed by atoms with E-state index >= 15 is 0 Å². The maximum Gasteiger partial charge on any atom is 0.323 e. The second-order valence-electron chi connectivity index (χ2n) is 4.17. The molecule has 0 bridgehead atoms. The van der Waals surface area contributed by atoms with Gasteiger partial charge in [0.1, 0.15) is 6.04 Å². The number of thioether (sulfide) groups is 1. The van der Waals surface area contributed by atoms with Crippen molar-refractivity contribution >= 4 is 29.7 Å². The first-order valence-corrected chi connectivity index (χ1v) is 7.28. The zero-order chi connectivity index (χ0) is 14.3. The second kappa shape index (κ2) is 8.00. The molecule has 0 aromatic carbocycles. The molecule has 0 spiro atoms. The van der Waals surface area contributed by atoms with Crippen molar-refractivity contribution in [3.8, 4) is 0 Å². The molecule has 0 saturated heterocycles. The number of ether oxygens (including phenoxy) is 1. The fraction of sp³-hybridized carbons (Fsp3) is 0.727. The van der Waals surface area contributed by atoms with E-state index in [0.29, 0.717) is 0 Å². The highest BCUT2D eigenvalue weighted by atomic mass is 32.2. The zero-order valence-corrected chi connectivity index (χ0v) is 11.6. The Morgan fingerprint density at radius 1 is 1.42 bits per heavy atom. The molecule has 7 nitrogen and oxygen atoms in total. The molecule has 0 heterocycles. The van der Waals surface area contributed by atoms with E-state index in [1.807, 2.05) is 0 Å². The summed E-state index contributed by atoms with van der Waals surface area (Å²) in [5.74, 6) is -0.539. The van der Waals surface area contributed by atoms with Crippen LogP contribution in [0.3, 0.4) is 0 Å². The first-order valence-electron chi connectivity index (χ1n) is 6.13. The quantitative estimate of drug-likeness (QED) is 0.550. The van der Waals surface area contributed by atoms with Crippen molar-refractivity contribution in [2.45, 2.75) is 31.8 Å². The molecule has 1 fully saturated rings. The molecule has 108 valence electrons. The number of nitrogens with one attached hydrogen (secondary N) is 2. The Kier molecular flexibility index (Phi) is 6.65.